The first-order valence-corrected chi connectivity index (χ1v) is 10.3. The molecule has 4 rings (SSSR count). The van der Waals surface area contributed by atoms with Gasteiger partial charge in [-0.05, 0) is 12.5 Å². The fourth-order valence-corrected chi connectivity index (χ4v) is 4.53. The van der Waals surface area contributed by atoms with Crippen molar-refractivity contribution in [1.29, 1.82) is 0 Å². The minimum absolute atomic E-state index is 0.0360. The summed E-state index contributed by atoms with van der Waals surface area (Å²) in [5.74, 6) is -15.8. The van der Waals surface area contributed by atoms with Crippen LogP contribution in [0.2, 0.25) is 0 Å². The summed E-state index contributed by atoms with van der Waals surface area (Å²) >= 11 is 0. The van der Waals surface area contributed by atoms with Crippen LogP contribution in [0, 0.1) is 35.0 Å². The van der Waals surface area contributed by atoms with Gasteiger partial charge in [0.2, 0.25) is 5.82 Å². The molecule has 2 aromatic carbocycles. The van der Waals surface area contributed by atoms with E-state index in [0.717, 1.165) is 12.7 Å². The largest absolute Gasteiger partial charge is 0.468 e. The molecular formula is C24H19F5N2O3. The standard InChI is InChI=1S/C24H19F5N2O3/c1-11-15(24(33)34-2)17(18-19(25)21(27)23(29)22(28)20(18)26)16-13(30-11)9-31(10-14(16)32)8-12-6-4-3-5-7-12/h3-7,15,17H,8-10H2,1-2H3. The third-order valence-corrected chi connectivity index (χ3v) is 6.02. The first-order valence-electron chi connectivity index (χ1n) is 10.3. The van der Waals surface area contributed by atoms with E-state index in [0.29, 0.717) is 6.54 Å². The van der Waals surface area contributed by atoms with Crippen molar-refractivity contribution in [2.75, 3.05) is 20.2 Å². The van der Waals surface area contributed by atoms with Gasteiger partial charge in [-0.3, -0.25) is 19.5 Å². The summed E-state index contributed by atoms with van der Waals surface area (Å²) < 4.78 is 76.3. The van der Waals surface area contributed by atoms with E-state index in [2.05, 4.69) is 4.99 Å². The van der Waals surface area contributed by atoms with E-state index < -0.39 is 58.2 Å². The van der Waals surface area contributed by atoms with Gasteiger partial charge in [-0.25, -0.2) is 22.0 Å². The average molecular weight is 478 g/mol. The van der Waals surface area contributed by atoms with E-state index in [1.54, 1.807) is 4.90 Å². The molecule has 0 saturated heterocycles. The average Bonchev–Trinajstić information content (AvgIpc) is 2.81. The van der Waals surface area contributed by atoms with Gasteiger partial charge in [-0.15, -0.1) is 0 Å². The molecule has 0 radical (unpaired) electrons. The summed E-state index contributed by atoms with van der Waals surface area (Å²) in [6.45, 7) is 1.63. The Hall–Kier alpha value is -3.40. The highest BCUT2D eigenvalue weighted by Gasteiger charge is 2.47. The highest BCUT2D eigenvalue weighted by atomic mass is 19.2. The Morgan fingerprint density at radius 2 is 1.59 bits per heavy atom. The zero-order valence-corrected chi connectivity index (χ0v) is 18.2. The molecule has 0 N–H and O–H groups in total. The van der Waals surface area contributed by atoms with Crippen molar-refractivity contribution >= 4 is 17.5 Å². The predicted octanol–water partition coefficient (Wildman–Crippen LogP) is 4.07. The van der Waals surface area contributed by atoms with Crippen LogP contribution in [0.25, 0.3) is 0 Å². The van der Waals surface area contributed by atoms with Gasteiger partial charge in [0.1, 0.15) is 5.92 Å². The molecule has 5 nitrogen and oxygen atoms in total. The van der Waals surface area contributed by atoms with Crippen LogP contribution in [-0.4, -0.2) is 42.6 Å². The van der Waals surface area contributed by atoms with Gasteiger partial charge in [0, 0.05) is 35.9 Å². The molecule has 0 saturated carbocycles. The molecule has 34 heavy (non-hydrogen) atoms. The third-order valence-electron chi connectivity index (χ3n) is 6.02. The minimum Gasteiger partial charge on any atom is -0.468 e. The van der Waals surface area contributed by atoms with Crippen LogP contribution in [0.4, 0.5) is 22.0 Å². The molecule has 178 valence electrons. The van der Waals surface area contributed by atoms with Crippen LogP contribution < -0.4 is 0 Å². The number of benzene rings is 2. The van der Waals surface area contributed by atoms with Crippen molar-refractivity contribution in [2.45, 2.75) is 19.4 Å². The Morgan fingerprint density at radius 1 is 1.00 bits per heavy atom. The summed E-state index contributed by atoms with van der Waals surface area (Å²) in [6, 6.07) is 9.20. The van der Waals surface area contributed by atoms with E-state index in [-0.39, 0.29) is 30.1 Å². The summed E-state index contributed by atoms with van der Waals surface area (Å²) in [5.41, 5.74) is -0.459. The van der Waals surface area contributed by atoms with Crippen LogP contribution in [0.15, 0.2) is 46.6 Å². The molecule has 10 heteroatoms. The van der Waals surface area contributed by atoms with Crippen molar-refractivity contribution < 1.29 is 36.3 Å². The predicted molar refractivity (Wildman–Crippen MR) is 111 cm³/mol. The van der Waals surface area contributed by atoms with Crippen LogP contribution >= 0.6 is 0 Å². The number of aliphatic imine (C=N–C) groups is 1. The first kappa shape index (κ1) is 23.7. The number of carbonyl (C=O) groups is 2. The summed E-state index contributed by atoms with van der Waals surface area (Å²) in [7, 11) is 1.01. The van der Waals surface area contributed by atoms with Crippen molar-refractivity contribution in [3.05, 3.63) is 81.8 Å². The summed E-state index contributed by atoms with van der Waals surface area (Å²) in [5, 5.41) is 0. The van der Waals surface area contributed by atoms with E-state index in [1.165, 1.54) is 6.92 Å². The Kier molecular flexibility index (Phi) is 6.35. The molecule has 2 atom stereocenters. The maximum Gasteiger partial charge on any atom is 0.315 e. The first-order chi connectivity index (χ1) is 16.1. The second-order valence-electron chi connectivity index (χ2n) is 8.13. The monoisotopic (exact) mass is 478 g/mol. The van der Waals surface area contributed by atoms with Gasteiger partial charge >= 0.3 is 5.97 Å². The molecule has 0 spiro atoms. The normalized spacial score (nSPS) is 20.8. The number of esters is 1. The Bertz CT molecular complexity index is 1210. The number of rotatable bonds is 4. The van der Waals surface area contributed by atoms with Gasteiger partial charge in [0.25, 0.3) is 0 Å². The summed E-state index contributed by atoms with van der Waals surface area (Å²) in [4.78, 5) is 31.8. The van der Waals surface area contributed by atoms with Crippen LogP contribution in [0.3, 0.4) is 0 Å². The molecule has 2 heterocycles. The van der Waals surface area contributed by atoms with Gasteiger partial charge < -0.3 is 4.74 Å². The van der Waals surface area contributed by atoms with Crippen LogP contribution in [-0.2, 0) is 20.9 Å². The second kappa shape index (κ2) is 9.09. The van der Waals surface area contributed by atoms with Crippen LogP contribution in [0.1, 0.15) is 24.0 Å². The lowest BCUT2D eigenvalue weighted by Gasteiger charge is -2.37. The summed E-state index contributed by atoms with van der Waals surface area (Å²) in [6.07, 6.45) is 0. The van der Waals surface area contributed by atoms with E-state index in [4.69, 9.17) is 4.74 Å². The molecule has 0 amide bonds. The Labute approximate surface area is 191 Å². The van der Waals surface area contributed by atoms with Gasteiger partial charge in [-0.2, -0.15) is 0 Å². The molecule has 0 fully saturated rings. The molecule has 2 aliphatic heterocycles. The Morgan fingerprint density at radius 3 is 2.18 bits per heavy atom. The van der Waals surface area contributed by atoms with Crippen molar-refractivity contribution in [2.24, 2.45) is 10.9 Å². The number of methoxy groups -OCH3 is 1. The second-order valence-corrected chi connectivity index (χ2v) is 8.13. The third kappa shape index (κ3) is 3.91. The number of ether oxygens (including phenoxy) is 1. The maximum absolute atomic E-state index is 14.8. The number of hydrogen-bond donors (Lipinski definition) is 0. The maximum atomic E-state index is 14.8. The molecule has 2 aliphatic rings. The number of ketones is 1. The van der Waals surface area contributed by atoms with Gasteiger partial charge in [-0.1, -0.05) is 30.3 Å². The number of Topliss-reactive ketones (excluding diaryl/α,β-unsaturated/α-hetero) is 1. The molecule has 0 aliphatic carbocycles. The van der Waals surface area contributed by atoms with Gasteiger partial charge in [0.15, 0.2) is 29.1 Å². The zero-order chi connectivity index (χ0) is 24.7. The number of halogens is 5. The van der Waals surface area contributed by atoms with Crippen molar-refractivity contribution in [3.63, 3.8) is 0 Å². The van der Waals surface area contributed by atoms with Crippen molar-refractivity contribution in [3.8, 4) is 0 Å². The SMILES string of the molecule is COC(=O)C1C(C)=NC2=C(C(=O)CN(Cc3ccccc3)C2)C1c1c(F)c(F)c(F)c(F)c1F. The highest BCUT2D eigenvalue weighted by molar-refractivity contribution is 6.09. The smallest absolute Gasteiger partial charge is 0.315 e. The van der Waals surface area contributed by atoms with Crippen molar-refractivity contribution in [1.82, 2.24) is 4.90 Å². The lowest BCUT2D eigenvalue weighted by atomic mass is 9.73. The fourth-order valence-electron chi connectivity index (χ4n) is 4.53. The number of hydrogen-bond acceptors (Lipinski definition) is 5. The van der Waals surface area contributed by atoms with E-state index in [9.17, 15) is 31.5 Å². The lowest BCUT2D eigenvalue weighted by molar-refractivity contribution is -0.143. The fraction of sp³-hybridized carbons (Fsp3) is 0.292. The van der Waals surface area contributed by atoms with Gasteiger partial charge in [0.05, 0.1) is 19.4 Å². The highest BCUT2D eigenvalue weighted by Crippen LogP contribution is 2.44. The van der Waals surface area contributed by atoms with Crippen LogP contribution in [0.5, 0.6) is 0 Å². The number of carbonyl (C=O) groups excluding carboxylic acids is 2. The Balaban J connectivity index is 1.87. The molecule has 2 aromatic rings. The van der Waals surface area contributed by atoms with E-state index in [1.807, 2.05) is 30.3 Å². The quantitative estimate of drug-likeness (QED) is 0.288. The van der Waals surface area contributed by atoms with E-state index >= 15 is 0 Å². The molecule has 0 aromatic heterocycles. The topological polar surface area (TPSA) is 59.0 Å². The molecule has 0 bridgehead atoms. The molecular weight excluding hydrogens is 459 g/mol. The molecule has 2 unspecified atom stereocenters. The minimum atomic E-state index is -2.33. The lowest BCUT2D eigenvalue weighted by Crippen LogP contribution is -2.44. The number of nitrogens with zero attached hydrogens (tertiary/aromatic N) is 2. The zero-order valence-electron chi connectivity index (χ0n) is 18.2.